The van der Waals surface area contributed by atoms with Gasteiger partial charge in [0, 0.05) is 12.0 Å². The summed E-state index contributed by atoms with van der Waals surface area (Å²) in [5.74, 6) is 0. The molecule has 1 aliphatic rings. The van der Waals surface area contributed by atoms with Crippen LogP contribution >= 0.6 is 0 Å². The molecule has 23 heavy (non-hydrogen) atoms. The molecular formula is C21H24N2. The van der Waals surface area contributed by atoms with E-state index in [0.717, 1.165) is 26.1 Å². The summed E-state index contributed by atoms with van der Waals surface area (Å²) in [5, 5.41) is 10.1. The minimum absolute atomic E-state index is 0.174. The molecule has 118 valence electrons. The molecule has 1 unspecified atom stereocenters. The zero-order valence-electron chi connectivity index (χ0n) is 14.0. The van der Waals surface area contributed by atoms with E-state index in [1.807, 2.05) is 12.1 Å². The fraction of sp³-hybridized carbons (Fsp3) is 0.381. The van der Waals surface area contributed by atoms with Gasteiger partial charge in [0.05, 0.1) is 11.5 Å². The highest BCUT2D eigenvalue weighted by atomic mass is 15.1. The highest BCUT2D eigenvalue weighted by Gasteiger charge is 2.69. The van der Waals surface area contributed by atoms with Gasteiger partial charge in [0.2, 0.25) is 0 Å². The molecule has 1 atom stereocenters. The lowest BCUT2D eigenvalue weighted by Gasteiger charge is -2.27. The van der Waals surface area contributed by atoms with Crippen molar-refractivity contribution < 1.29 is 0 Å². The zero-order valence-corrected chi connectivity index (χ0v) is 14.0. The third-order valence-corrected chi connectivity index (χ3v) is 5.39. The first-order valence-electron chi connectivity index (χ1n) is 8.47. The Bertz CT molecular complexity index is 643. The van der Waals surface area contributed by atoms with Gasteiger partial charge in [-0.25, -0.2) is 0 Å². The van der Waals surface area contributed by atoms with Crippen LogP contribution in [0.4, 0.5) is 0 Å². The van der Waals surface area contributed by atoms with Gasteiger partial charge in [-0.05, 0) is 30.6 Å². The summed E-state index contributed by atoms with van der Waals surface area (Å²) < 4.78 is 0. The van der Waals surface area contributed by atoms with E-state index in [4.69, 9.17) is 0 Å². The fourth-order valence-corrected chi connectivity index (χ4v) is 3.97. The lowest BCUT2D eigenvalue weighted by atomic mass is 9.80. The summed E-state index contributed by atoms with van der Waals surface area (Å²) in [5.41, 5.74) is 2.02. The highest BCUT2D eigenvalue weighted by molar-refractivity contribution is 5.54. The van der Waals surface area contributed by atoms with Crippen LogP contribution in [0.5, 0.6) is 0 Å². The average Bonchev–Trinajstić information content (AvgIpc) is 3.31. The Morgan fingerprint density at radius 2 is 1.39 bits per heavy atom. The van der Waals surface area contributed by atoms with E-state index in [1.54, 1.807) is 0 Å². The lowest BCUT2D eigenvalue weighted by molar-refractivity contribution is 0.257. The number of nitrogens with zero attached hydrogens (tertiary/aromatic N) is 2. The second-order valence-electron chi connectivity index (χ2n) is 6.47. The van der Waals surface area contributed by atoms with Gasteiger partial charge in [-0.15, -0.1) is 0 Å². The van der Waals surface area contributed by atoms with E-state index in [1.165, 1.54) is 11.1 Å². The van der Waals surface area contributed by atoms with Crippen molar-refractivity contribution in [1.29, 1.82) is 5.26 Å². The molecule has 0 amide bonds. The molecule has 0 radical (unpaired) electrons. The number of benzene rings is 2. The first-order chi connectivity index (χ1) is 11.2. The van der Waals surface area contributed by atoms with Crippen LogP contribution in [0.25, 0.3) is 0 Å². The first kappa shape index (κ1) is 15.8. The number of hydrogen-bond donors (Lipinski definition) is 0. The number of nitriles is 1. The summed E-state index contributed by atoms with van der Waals surface area (Å²) in [6, 6.07) is 23.8. The highest BCUT2D eigenvalue weighted by Crippen LogP contribution is 2.68. The molecule has 2 aromatic rings. The van der Waals surface area contributed by atoms with Crippen molar-refractivity contribution in [3.05, 3.63) is 71.8 Å². The van der Waals surface area contributed by atoms with E-state index in [-0.39, 0.29) is 10.8 Å². The Labute approximate surface area is 139 Å². The molecule has 3 rings (SSSR count). The van der Waals surface area contributed by atoms with Gasteiger partial charge in [-0.2, -0.15) is 5.26 Å². The predicted molar refractivity (Wildman–Crippen MR) is 94.1 cm³/mol. The van der Waals surface area contributed by atoms with Gasteiger partial charge in [0.25, 0.3) is 0 Å². The topological polar surface area (TPSA) is 27.0 Å². The van der Waals surface area contributed by atoms with Crippen molar-refractivity contribution >= 4 is 0 Å². The Morgan fingerprint density at radius 1 is 0.913 bits per heavy atom. The van der Waals surface area contributed by atoms with Gasteiger partial charge in [0.15, 0.2) is 0 Å². The molecule has 1 aliphatic carbocycles. The molecule has 0 N–H and O–H groups in total. The fourth-order valence-electron chi connectivity index (χ4n) is 3.97. The molecule has 1 fully saturated rings. The number of hydrogen-bond acceptors (Lipinski definition) is 2. The van der Waals surface area contributed by atoms with E-state index < -0.39 is 0 Å². The van der Waals surface area contributed by atoms with Gasteiger partial charge < -0.3 is 4.90 Å². The van der Waals surface area contributed by atoms with Crippen LogP contribution < -0.4 is 0 Å². The second kappa shape index (κ2) is 6.18. The van der Waals surface area contributed by atoms with Gasteiger partial charge >= 0.3 is 0 Å². The zero-order chi connectivity index (χ0) is 16.3. The Morgan fingerprint density at radius 3 is 1.78 bits per heavy atom. The Balaban J connectivity index is 2.08. The molecule has 2 nitrogen and oxygen atoms in total. The van der Waals surface area contributed by atoms with Crippen LogP contribution in [0.3, 0.4) is 0 Å². The molecule has 1 saturated carbocycles. The van der Waals surface area contributed by atoms with Gasteiger partial charge in [-0.1, -0.05) is 74.5 Å². The van der Waals surface area contributed by atoms with Crippen LogP contribution in [0.2, 0.25) is 0 Å². The quantitative estimate of drug-likeness (QED) is 0.798. The van der Waals surface area contributed by atoms with Crippen molar-refractivity contribution in [2.45, 2.75) is 25.7 Å². The average molecular weight is 304 g/mol. The van der Waals surface area contributed by atoms with E-state index in [0.29, 0.717) is 0 Å². The van der Waals surface area contributed by atoms with Crippen LogP contribution in [0, 0.1) is 16.7 Å². The molecule has 2 heteroatoms. The maximum Gasteiger partial charge on any atom is 0.0850 e. The summed E-state index contributed by atoms with van der Waals surface area (Å²) >= 11 is 0. The van der Waals surface area contributed by atoms with Crippen LogP contribution in [0.15, 0.2) is 60.7 Å². The molecule has 0 aliphatic heterocycles. The van der Waals surface area contributed by atoms with Gasteiger partial charge in [-0.3, -0.25) is 0 Å². The summed E-state index contributed by atoms with van der Waals surface area (Å²) in [4.78, 5) is 2.37. The monoisotopic (exact) mass is 304 g/mol. The molecule has 0 bridgehead atoms. The molecule has 2 aromatic carbocycles. The van der Waals surface area contributed by atoms with Crippen molar-refractivity contribution in [2.75, 3.05) is 19.6 Å². The largest absolute Gasteiger partial charge is 0.302 e. The van der Waals surface area contributed by atoms with E-state index in [2.05, 4.69) is 73.3 Å². The molecular weight excluding hydrogens is 280 g/mol. The van der Waals surface area contributed by atoms with Crippen LogP contribution in [-0.2, 0) is 5.41 Å². The van der Waals surface area contributed by atoms with Crippen molar-refractivity contribution in [3.8, 4) is 6.07 Å². The maximum absolute atomic E-state index is 10.1. The molecule has 0 spiro atoms. The minimum atomic E-state index is -0.332. The summed E-state index contributed by atoms with van der Waals surface area (Å²) in [7, 11) is 0. The predicted octanol–water partition coefficient (Wildman–Crippen LogP) is 4.23. The van der Waals surface area contributed by atoms with Crippen LogP contribution in [0.1, 0.15) is 31.4 Å². The molecule has 0 saturated heterocycles. The summed E-state index contributed by atoms with van der Waals surface area (Å²) in [6.45, 7) is 7.15. The summed E-state index contributed by atoms with van der Waals surface area (Å²) in [6.07, 6.45) is 0.904. The maximum atomic E-state index is 10.1. The minimum Gasteiger partial charge on any atom is -0.302 e. The van der Waals surface area contributed by atoms with E-state index >= 15 is 0 Å². The first-order valence-corrected chi connectivity index (χ1v) is 8.47. The van der Waals surface area contributed by atoms with Crippen LogP contribution in [-0.4, -0.2) is 24.5 Å². The SMILES string of the molecule is CCN(CC)CC1(C#N)CC1(c1ccccc1)c1ccccc1. The third-order valence-electron chi connectivity index (χ3n) is 5.39. The third kappa shape index (κ3) is 2.46. The normalized spacial score (nSPS) is 21.8. The standard InChI is InChI=1S/C21H24N2/c1-3-23(4-2)17-20(16-22)15-21(20,18-11-7-5-8-12-18)19-13-9-6-10-14-19/h5-14H,3-4,15,17H2,1-2H3. The van der Waals surface area contributed by atoms with Crippen molar-refractivity contribution in [1.82, 2.24) is 4.90 Å². The Kier molecular flexibility index (Phi) is 4.24. The molecule has 0 aromatic heterocycles. The number of rotatable bonds is 6. The van der Waals surface area contributed by atoms with Crippen molar-refractivity contribution in [3.63, 3.8) is 0 Å². The molecule has 0 heterocycles. The lowest BCUT2D eigenvalue weighted by Crippen LogP contribution is -2.34. The smallest absolute Gasteiger partial charge is 0.0850 e. The van der Waals surface area contributed by atoms with Crippen molar-refractivity contribution in [2.24, 2.45) is 5.41 Å². The Hall–Kier alpha value is -2.11. The van der Waals surface area contributed by atoms with Gasteiger partial charge in [0.1, 0.15) is 0 Å². The second-order valence-corrected chi connectivity index (χ2v) is 6.47. The van der Waals surface area contributed by atoms with E-state index in [9.17, 15) is 5.26 Å².